The Labute approximate surface area is 109 Å². The monoisotopic (exact) mass is 247 g/mol. The molecule has 1 aromatic carbocycles. The molecule has 0 saturated heterocycles. The Morgan fingerprint density at radius 3 is 2.56 bits per heavy atom. The van der Waals surface area contributed by atoms with Gasteiger partial charge in [-0.1, -0.05) is 12.1 Å². The summed E-state index contributed by atoms with van der Waals surface area (Å²) in [5.74, 6) is 0.842. The fraction of sp³-hybridized carbons (Fsp3) is 0.400. The molecule has 0 amide bonds. The van der Waals surface area contributed by atoms with E-state index in [1.807, 2.05) is 57.1 Å². The van der Waals surface area contributed by atoms with Crippen LogP contribution in [0.2, 0.25) is 0 Å². The minimum atomic E-state index is -0.555. The maximum atomic E-state index is 12.2. The molecule has 0 unspecified atom stereocenters. The van der Waals surface area contributed by atoms with E-state index in [1.54, 1.807) is 19.4 Å². The summed E-state index contributed by atoms with van der Waals surface area (Å²) in [7, 11) is 5.41. The number of hydrogen-bond donors (Lipinski definition) is 0. The molecule has 0 aliphatic heterocycles. The van der Waals surface area contributed by atoms with Crippen molar-refractivity contribution in [2.24, 2.45) is 0 Å². The van der Waals surface area contributed by atoms with Crippen LogP contribution in [0, 0.1) is 0 Å². The zero-order valence-electron chi connectivity index (χ0n) is 11.7. The number of methoxy groups -OCH3 is 1. The van der Waals surface area contributed by atoms with Crippen LogP contribution in [0.25, 0.3) is 0 Å². The van der Waals surface area contributed by atoms with Crippen molar-refractivity contribution < 1.29 is 9.53 Å². The Morgan fingerprint density at radius 2 is 2.00 bits per heavy atom. The molecule has 1 rings (SSSR count). The number of hydrogen-bond acceptors (Lipinski definition) is 3. The number of allylic oxidation sites excluding steroid dienone is 1. The summed E-state index contributed by atoms with van der Waals surface area (Å²) in [6.45, 7) is 3.84. The first kappa shape index (κ1) is 14.3. The Balaban J connectivity index is 3.00. The average molecular weight is 247 g/mol. The Morgan fingerprint density at radius 1 is 1.33 bits per heavy atom. The molecular formula is C15H21NO2. The van der Waals surface area contributed by atoms with Gasteiger partial charge >= 0.3 is 0 Å². The minimum Gasteiger partial charge on any atom is -0.497 e. The number of benzene rings is 1. The molecule has 0 aliphatic rings. The van der Waals surface area contributed by atoms with Gasteiger partial charge in [-0.3, -0.25) is 4.79 Å². The minimum absolute atomic E-state index is 0.0736. The number of carbonyl (C=O) groups is 1. The average Bonchev–Trinajstić information content (AvgIpc) is 2.35. The maximum absolute atomic E-state index is 12.2. The number of carbonyl (C=O) groups excluding carboxylic acids is 1. The highest BCUT2D eigenvalue weighted by Gasteiger charge is 2.27. The van der Waals surface area contributed by atoms with Crippen molar-refractivity contribution in [3.8, 4) is 5.75 Å². The molecule has 0 aliphatic carbocycles. The van der Waals surface area contributed by atoms with Crippen LogP contribution in [0.3, 0.4) is 0 Å². The molecule has 0 radical (unpaired) electrons. The van der Waals surface area contributed by atoms with Gasteiger partial charge in [-0.15, -0.1) is 0 Å². The summed E-state index contributed by atoms with van der Waals surface area (Å²) < 4.78 is 5.19. The third kappa shape index (κ3) is 3.36. The van der Waals surface area contributed by atoms with Crippen molar-refractivity contribution in [2.75, 3.05) is 21.2 Å². The fourth-order valence-electron chi connectivity index (χ4n) is 1.58. The van der Waals surface area contributed by atoms with Crippen LogP contribution < -0.4 is 4.74 Å². The van der Waals surface area contributed by atoms with E-state index in [1.165, 1.54) is 0 Å². The first-order chi connectivity index (χ1) is 8.37. The van der Waals surface area contributed by atoms with Crippen molar-refractivity contribution in [3.63, 3.8) is 0 Å². The molecule has 0 heterocycles. The van der Waals surface area contributed by atoms with Gasteiger partial charge in [0.2, 0.25) is 0 Å². The molecule has 0 atom stereocenters. The highest BCUT2D eigenvalue weighted by molar-refractivity contribution is 5.98. The molecule has 1 aromatic rings. The van der Waals surface area contributed by atoms with E-state index in [4.69, 9.17) is 4.74 Å². The van der Waals surface area contributed by atoms with E-state index in [-0.39, 0.29) is 5.78 Å². The first-order valence-corrected chi connectivity index (χ1v) is 5.91. The lowest BCUT2D eigenvalue weighted by Crippen LogP contribution is -2.27. The van der Waals surface area contributed by atoms with E-state index >= 15 is 0 Å². The quantitative estimate of drug-likeness (QED) is 0.749. The standard InChI is InChI=1S/C15H21NO2/c1-15(2,14(17)9-10-16(3)4)12-7-6-8-13(11-12)18-5/h6-11H,1-5H3/b10-9+. The smallest absolute Gasteiger partial charge is 0.167 e. The Kier molecular flexibility index (Phi) is 4.54. The van der Waals surface area contributed by atoms with Crippen LogP contribution in [0.4, 0.5) is 0 Å². The Bertz CT molecular complexity index is 448. The largest absolute Gasteiger partial charge is 0.497 e. The zero-order valence-corrected chi connectivity index (χ0v) is 11.7. The lowest BCUT2D eigenvalue weighted by atomic mass is 9.80. The third-order valence-corrected chi connectivity index (χ3v) is 2.93. The number of ether oxygens (including phenoxy) is 1. The summed E-state index contributed by atoms with van der Waals surface area (Å²) in [5.41, 5.74) is 0.399. The lowest BCUT2D eigenvalue weighted by molar-refractivity contribution is -0.118. The first-order valence-electron chi connectivity index (χ1n) is 5.91. The number of nitrogens with zero attached hydrogens (tertiary/aromatic N) is 1. The van der Waals surface area contributed by atoms with Crippen molar-refractivity contribution in [3.05, 3.63) is 42.1 Å². The Hall–Kier alpha value is -1.77. The summed E-state index contributed by atoms with van der Waals surface area (Å²) in [6, 6.07) is 7.63. The third-order valence-electron chi connectivity index (χ3n) is 2.93. The molecule has 0 bridgehead atoms. The second-order valence-corrected chi connectivity index (χ2v) is 5.00. The summed E-state index contributed by atoms with van der Waals surface area (Å²) in [4.78, 5) is 14.1. The van der Waals surface area contributed by atoms with Crippen LogP contribution in [0.15, 0.2) is 36.5 Å². The molecule has 0 spiro atoms. The van der Waals surface area contributed by atoms with E-state index < -0.39 is 5.41 Å². The lowest BCUT2D eigenvalue weighted by Gasteiger charge is -2.22. The van der Waals surface area contributed by atoms with Crippen molar-refractivity contribution in [2.45, 2.75) is 19.3 Å². The predicted molar refractivity (Wildman–Crippen MR) is 73.9 cm³/mol. The second kappa shape index (κ2) is 5.71. The van der Waals surface area contributed by atoms with E-state index in [2.05, 4.69) is 0 Å². The summed E-state index contributed by atoms with van der Waals surface area (Å²) in [6.07, 6.45) is 3.38. The van der Waals surface area contributed by atoms with Crippen LogP contribution in [0.5, 0.6) is 5.75 Å². The molecule has 0 fully saturated rings. The van der Waals surface area contributed by atoms with Gasteiger partial charge in [-0.25, -0.2) is 0 Å². The molecule has 98 valence electrons. The zero-order chi connectivity index (χ0) is 13.8. The molecule has 0 saturated carbocycles. The van der Waals surface area contributed by atoms with E-state index in [9.17, 15) is 4.79 Å². The van der Waals surface area contributed by atoms with Gasteiger partial charge in [0, 0.05) is 20.3 Å². The van der Waals surface area contributed by atoms with Gasteiger partial charge in [-0.2, -0.15) is 0 Å². The van der Waals surface area contributed by atoms with Crippen LogP contribution in [-0.2, 0) is 10.2 Å². The van der Waals surface area contributed by atoms with Gasteiger partial charge < -0.3 is 9.64 Å². The second-order valence-electron chi connectivity index (χ2n) is 5.00. The highest BCUT2D eigenvalue weighted by Crippen LogP contribution is 2.27. The van der Waals surface area contributed by atoms with Crippen molar-refractivity contribution in [1.29, 1.82) is 0 Å². The van der Waals surface area contributed by atoms with Crippen molar-refractivity contribution in [1.82, 2.24) is 4.90 Å². The molecule has 0 aromatic heterocycles. The number of rotatable bonds is 5. The van der Waals surface area contributed by atoms with Crippen LogP contribution in [-0.4, -0.2) is 31.9 Å². The SMILES string of the molecule is COc1cccc(C(C)(C)C(=O)/C=C/N(C)C)c1. The van der Waals surface area contributed by atoms with E-state index in [0.29, 0.717) is 0 Å². The van der Waals surface area contributed by atoms with Gasteiger partial charge in [0.25, 0.3) is 0 Å². The van der Waals surface area contributed by atoms with Gasteiger partial charge in [-0.05, 0) is 37.6 Å². The number of ketones is 1. The molecule has 0 N–H and O–H groups in total. The van der Waals surface area contributed by atoms with Gasteiger partial charge in [0.05, 0.1) is 12.5 Å². The van der Waals surface area contributed by atoms with Crippen LogP contribution in [0.1, 0.15) is 19.4 Å². The molecular weight excluding hydrogens is 226 g/mol. The van der Waals surface area contributed by atoms with E-state index in [0.717, 1.165) is 11.3 Å². The molecule has 3 nitrogen and oxygen atoms in total. The normalized spacial score (nSPS) is 11.6. The maximum Gasteiger partial charge on any atom is 0.167 e. The highest BCUT2D eigenvalue weighted by atomic mass is 16.5. The van der Waals surface area contributed by atoms with Gasteiger partial charge in [0.15, 0.2) is 5.78 Å². The topological polar surface area (TPSA) is 29.5 Å². The summed E-state index contributed by atoms with van der Waals surface area (Å²) >= 11 is 0. The summed E-state index contributed by atoms with van der Waals surface area (Å²) in [5, 5.41) is 0. The fourth-order valence-corrected chi connectivity index (χ4v) is 1.58. The molecule has 3 heteroatoms. The van der Waals surface area contributed by atoms with Crippen molar-refractivity contribution >= 4 is 5.78 Å². The predicted octanol–water partition coefficient (Wildman–Crippen LogP) is 2.62. The molecule has 18 heavy (non-hydrogen) atoms. The van der Waals surface area contributed by atoms with Crippen LogP contribution >= 0.6 is 0 Å². The van der Waals surface area contributed by atoms with Gasteiger partial charge in [0.1, 0.15) is 5.75 Å².